The minimum Gasteiger partial charge on any atom is -0.320 e. The van der Waals surface area contributed by atoms with Crippen molar-refractivity contribution in [1.82, 2.24) is 4.98 Å². The number of nitrogens with one attached hydrogen (secondary N) is 1. The maximum absolute atomic E-state index is 13.8. The van der Waals surface area contributed by atoms with Crippen molar-refractivity contribution in [3.8, 4) is 11.8 Å². The highest BCUT2D eigenvalue weighted by molar-refractivity contribution is 6.04. The normalized spacial score (nSPS) is 9.50. The van der Waals surface area contributed by atoms with Gasteiger partial charge in [0.25, 0.3) is 5.91 Å². The van der Waals surface area contributed by atoms with Crippen LogP contribution >= 0.6 is 0 Å². The van der Waals surface area contributed by atoms with Crippen LogP contribution in [0.1, 0.15) is 15.9 Å². The second-order valence-corrected chi connectivity index (χ2v) is 3.90. The molecule has 20 heavy (non-hydrogen) atoms. The Morgan fingerprint density at radius 1 is 1.40 bits per heavy atom. The molecule has 1 heterocycles. The highest BCUT2D eigenvalue weighted by atomic mass is 19.1. The Bertz CT molecular complexity index is 675. The number of hydrogen-bond acceptors (Lipinski definition) is 3. The highest BCUT2D eigenvalue weighted by Gasteiger charge is 2.09. The Labute approximate surface area is 115 Å². The van der Waals surface area contributed by atoms with Crippen LogP contribution in [0.25, 0.3) is 0 Å². The number of pyridine rings is 1. The van der Waals surface area contributed by atoms with E-state index >= 15 is 0 Å². The molecule has 0 unspecified atom stereocenters. The number of aromatic nitrogens is 1. The summed E-state index contributed by atoms with van der Waals surface area (Å²) in [5.41, 5.74) is 6.21. The van der Waals surface area contributed by atoms with Gasteiger partial charge in [-0.15, -0.1) is 0 Å². The lowest BCUT2D eigenvalue weighted by molar-refractivity contribution is 0.102. The molecule has 2 aromatic rings. The third-order valence-corrected chi connectivity index (χ3v) is 2.48. The topological polar surface area (TPSA) is 68.0 Å². The first-order chi connectivity index (χ1) is 9.70. The van der Waals surface area contributed by atoms with Crippen LogP contribution in [0.5, 0.6) is 0 Å². The monoisotopic (exact) mass is 269 g/mol. The number of amides is 1. The third-order valence-electron chi connectivity index (χ3n) is 2.48. The van der Waals surface area contributed by atoms with E-state index in [2.05, 4.69) is 22.1 Å². The van der Waals surface area contributed by atoms with Crippen molar-refractivity contribution in [3.63, 3.8) is 0 Å². The number of carbonyl (C=O) groups is 1. The van der Waals surface area contributed by atoms with E-state index in [1.54, 1.807) is 24.4 Å². The number of hydrogen-bond donors (Lipinski definition) is 2. The molecule has 100 valence electrons. The Hall–Kier alpha value is -2.71. The number of anilines is 1. The number of nitrogens with two attached hydrogens (primary N) is 1. The van der Waals surface area contributed by atoms with E-state index in [9.17, 15) is 9.18 Å². The predicted molar refractivity (Wildman–Crippen MR) is 74.5 cm³/mol. The van der Waals surface area contributed by atoms with Gasteiger partial charge in [-0.25, -0.2) is 4.39 Å². The van der Waals surface area contributed by atoms with Crippen LogP contribution in [0.2, 0.25) is 0 Å². The van der Waals surface area contributed by atoms with Crippen molar-refractivity contribution in [2.24, 2.45) is 5.73 Å². The predicted octanol–water partition coefficient (Wildman–Crippen LogP) is 1.78. The zero-order chi connectivity index (χ0) is 14.4. The first-order valence-electron chi connectivity index (χ1n) is 5.90. The summed E-state index contributed by atoms with van der Waals surface area (Å²) in [7, 11) is 0. The van der Waals surface area contributed by atoms with Crippen LogP contribution in [-0.2, 0) is 0 Å². The van der Waals surface area contributed by atoms with E-state index in [1.807, 2.05) is 0 Å². The Morgan fingerprint density at radius 2 is 2.25 bits per heavy atom. The van der Waals surface area contributed by atoms with Crippen molar-refractivity contribution in [2.75, 3.05) is 11.9 Å². The van der Waals surface area contributed by atoms with Crippen molar-refractivity contribution in [1.29, 1.82) is 0 Å². The minimum absolute atomic E-state index is 0.0946. The summed E-state index contributed by atoms with van der Waals surface area (Å²) >= 11 is 0. The van der Waals surface area contributed by atoms with Crippen molar-refractivity contribution in [2.45, 2.75) is 0 Å². The third kappa shape index (κ3) is 3.40. The standard InChI is InChI=1S/C15H12FN3O/c16-13-9-11(3-1-7-17)5-6-14(13)19-15(20)12-4-2-8-18-10-12/h2,4-6,8-10H,7,17H2,(H,19,20). The average Bonchev–Trinajstić information content (AvgIpc) is 2.48. The molecule has 1 aromatic carbocycles. The molecule has 1 aromatic heterocycles. The fourth-order valence-electron chi connectivity index (χ4n) is 1.54. The van der Waals surface area contributed by atoms with Gasteiger partial charge in [-0.3, -0.25) is 9.78 Å². The minimum atomic E-state index is -0.550. The van der Waals surface area contributed by atoms with Gasteiger partial charge in [0.15, 0.2) is 0 Å². The van der Waals surface area contributed by atoms with E-state index in [-0.39, 0.29) is 12.2 Å². The molecular weight excluding hydrogens is 257 g/mol. The maximum Gasteiger partial charge on any atom is 0.257 e. The smallest absolute Gasteiger partial charge is 0.257 e. The van der Waals surface area contributed by atoms with Crippen LogP contribution < -0.4 is 11.1 Å². The number of rotatable bonds is 2. The summed E-state index contributed by atoms with van der Waals surface area (Å²) in [5.74, 6) is 4.38. The molecule has 5 heteroatoms. The molecule has 0 spiro atoms. The lowest BCUT2D eigenvalue weighted by Gasteiger charge is -2.06. The molecule has 0 saturated heterocycles. The molecule has 0 atom stereocenters. The van der Waals surface area contributed by atoms with Crippen molar-refractivity contribution >= 4 is 11.6 Å². The van der Waals surface area contributed by atoms with Crippen LogP contribution in [0.4, 0.5) is 10.1 Å². The first-order valence-corrected chi connectivity index (χ1v) is 5.90. The van der Waals surface area contributed by atoms with Gasteiger partial charge in [0.1, 0.15) is 5.82 Å². The zero-order valence-electron chi connectivity index (χ0n) is 10.6. The molecule has 0 aliphatic carbocycles. The zero-order valence-corrected chi connectivity index (χ0v) is 10.6. The first kappa shape index (κ1) is 13.7. The number of carbonyl (C=O) groups excluding carboxylic acids is 1. The van der Waals surface area contributed by atoms with Gasteiger partial charge in [-0.1, -0.05) is 11.8 Å². The summed E-state index contributed by atoms with van der Waals surface area (Å²) in [6, 6.07) is 7.56. The lowest BCUT2D eigenvalue weighted by Crippen LogP contribution is -2.13. The highest BCUT2D eigenvalue weighted by Crippen LogP contribution is 2.16. The molecule has 0 aliphatic heterocycles. The molecule has 0 aliphatic rings. The molecule has 2 rings (SSSR count). The molecule has 4 nitrogen and oxygen atoms in total. The molecule has 1 amide bonds. The van der Waals surface area contributed by atoms with Gasteiger partial charge < -0.3 is 11.1 Å². The Balaban J connectivity index is 2.16. The summed E-state index contributed by atoms with van der Waals surface area (Å²) in [6.07, 6.45) is 2.97. The van der Waals surface area contributed by atoms with Crippen LogP contribution in [0.15, 0.2) is 42.7 Å². The summed E-state index contributed by atoms with van der Waals surface area (Å²) < 4.78 is 13.8. The summed E-state index contributed by atoms with van der Waals surface area (Å²) in [6.45, 7) is 0.209. The molecule has 3 N–H and O–H groups in total. The fourth-order valence-corrected chi connectivity index (χ4v) is 1.54. The van der Waals surface area contributed by atoms with Gasteiger partial charge in [0, 0.05) is 18.0 Å². The molecule has 0 bridgehead atoms. The van der Waals surface area contributed by atoms with E-state index in [0.717, 1.165) is 0 Å². The number of nitrogens with zero attached hydrogens (tertiary/aromatic N) is 1. The van der Waals surface area contributed by atoms with Gasteiger partial charge in [0.2, 0.25) is 0 Å². The lowest BCUT2D eigenvalue weighted by atomic mass is 10.2. The van der Waals surface area contributed by atoms with Crippen molar-refractivity contribution in [3.05, 3.63) is 59.7 Å². The number of benzene rings is 1. The van der Waals surface area contributed by atoms with Gasteiger partial charge in [-0.2, -0.15) is 0 Å². The Kier molecular flexibility index (Phi) is 4.43. The number of halogens is 1. The van der Waals surface area contributed by atoms with Crippen molar-refractivity contribution < 1.29 is 9.18 Å². The van der Waals surface area contributed by atoms with Gasteiger partial charge in [0.05, 0.1) is 17.8 Å². The van der Waals surface area contributed by atoms with Crippen LogP contribution in [0, 0.1) is 17.7 Å². The average molecular weight is 269 g/mol. The van der Waals surface area contributed by atoms with E-state index < -0.39 is 11.7 Å². The second kappa shape index (κ2) is 6.45. The van der Waals surface area contributed by atoms with Gasteiger partial charge in [-0.05, 0) is 30.3 Å². The summed E-state index contributed by atoms with van der Waals surface area (Å²) in [4.78, 5) is 15.7. The molecule has 0 radical (unpaired) electrons. The largest absolute Gasteiger partial charge is 0.320 e. The van der Waals surface area contributed by atoms with E-state index in [4.69, 9.17) is 5.73 Å². The Morgan fingerprint density at radius 3 is 2.90 bits per heavy atom. The second-order valence-electron chi connectivity index (χ2n) is 3.90. The SMILES string of the molecule is NCC#Cc1ccc(NC(=O)c2cccnc2)c(F)c1. The quantitative estimate of drug-likeness (QED) is 0.817. The molecule has 0 saturated carbocycles. The van der Waals surface area contributed by atoms with E-state index in [1.165, 1.54) is 18.3 Å². The van der Waals surface area contributed by atoms with Crippen LogP contribution in [-0.4, -0.2) is 17.4 Å². The fraction of sp³-hybridized carbons (Fsp3) is 0.0667. The summed E-state index contributed by atoms with van der Waals surface area (Å²) in [5, 5.41) is 2.48. The van der Waals surface area contributed by atoms with Gasteiger partial charge >= 0.3 is 0 Å². The van der Waals surface area contributed by atoms with E-state index in [0.29, 0.717) is 11.1 Å². The maximum atomic E-state index is 13.8. The van der Waals surface area contributed by atoms with Crippen LogP contribution in [0.3, 0.4) is 0 Å². The molecular formula is C15H12FN3O. The molecule has 0 fully saturated rings.